The van der Waals surface area contributed by atoms with Gasteiger partial charge < -0.3 is 20.4 Å². The summed E-state index contributed by atoms with van der Waals surface area (Å²) in [7, 11) is 3.45. The topological polar surface area (TPSA) is 107 Å². The first-order chi connectivity index (χ1) is 11.8. The molecule has 0 fully saturated rings. The summed E-state index contributed by atoms with van der Waals surface area (Å²) < 4.78 is 0. The molecule has 0 unspecified atom stereocenters. The molecule has 2 amide bonds. The van der Waals surface area contributed by atoms with Crippen molar-refractivity contribution in [3.8, 4) is 0 Å². The third kappa shape index (κ3) is 7.17. The second-order valence-corrected chi connectivity index (χ2v) is 5.76. The van der Waals surface area contributed by atoms with E-state index in [-0.39, 0.29) is 5.91 Å². The largest absolute Gasteiger partial charge is 0.480 e. The number of hydrogen-bond donors (Lipinski definition) is 3. The van der Waals surface area contributed by atoms with E-state index in [0.717, 1.165) is 18.4 Å². The van der Waals surface area contributed by atoms with Crippen molar-refractivity contribution in [3.05, 3.63) is 41.5 Å². The van der Waals surface area contributed by atoms with Crippen molar-refractivity contribution in [1.82, 2.24) is 10.2 Å². The summed E-state index contributed by atoms with van der Waals surface area (Å²) in [5.41, 5.74) is 1.10. The van der Waals surface area contributed by atoms with Gasteiger partial charge in [0.15, 0.2) is 6.04 Å². The molecule has 0 radical (unpaired) electrons. The van der Waals surface area contributed by atoms with Gasteiger partial charge in [0, 0.05) is 26.1 Å². The van der Waals surface area contributed by atoms with Crippen molar-refractivity contribution < 1.29 is 24.6 Å². The number of amides is 2. The van der Waals surface area contributed by atoms with Gasteiger partial charge in [-0.05, 0) is 30.5 Å². The molecule has 3 N–H and O–H groups in total. The van der Waals surface area contributed by atoms with E-state index in [1.54, 1.807) is 37.2 Å². The number of carboxylic acids is 1. The maximum absolute atomic E-state index is 12.0. The van der Waals surface area contributed by atoms with Crippen LogP contribution in [0.1, 0.15) is 35.2 Å². The molecule has 0 bridgehead atoms. The van der Waals surface area contributed by atoms with Gasteiger partial charge in [-0.25, -0.2) is 4.79 Å². The highest BCUT2D eigenvalue weighted by Crippen LogP contribution is 2.09. The minimum atomic E-state index is -1.33. The molecule has 7 heteroatoms. The molecule has 0 heterocycles. The molecular formula is C18H24N2O5. The molecule has 1 aromatic carbocycles. The summed E-state index contributed by atoms with van der Waals surface area (Å²) in [4.78, 5) is 35.9. The van der Waals surface area contributed by atoms with Crippen LogP contribution in [0.25, 0.3) is 6.08 Å². The van der Waals surface area contributed by atoms with E-state index < -0.39 is 24.5 Å². The van der Waals surface area contributed by atoms with Gasteiger partial charge in [-0.3, -0.25) is 9.59 Å². The van der Waals surface area contributed by atoms with E-state index in [1.807, 2.05) is 18.2 Å². The van der Waals surface area contributed by atoms with Crippen LogP contribution >= 0.6 is 0 Å². The lowest BCUT2D eigenvalue weighted by Crippen LogP contribution is -2.43. The summed E-state index contributed by atoms with van der Waals surface area (Å²) in [5.74, 6) is -1.77. The fourth-order valence-corrected chi connectivity index (χ4v) is 2.02. The predicted molar refractivity (Wildman–Crippen MR) is 94.0 cm³/mol. The van der Waals surface area contributed by atoms with Gasteiger partial charge in [-0.2, -0.15) is 0 Å². The number of nitrogens with zero attached hydrogens (tertiary/aromatic N) is 1. The molecule has 0 spiro atoms. The molecule has 136 valence electrons. The van der Waals surface area contributed by atoms with Gasteiger partial charge >= 0.3 is 5.97 Å². The lowest BCUT2D eigenvalue weighted by Gasteiger charge is -2.11. The average molecular weight is 348 g/mol. The zero-order valence-corrected chi connectivity index (χ0v) is 14.4. The molecular weight excluding hydrogens is 324 g/mol. The zero-order chi connectivity index (χ0) is 18.8. The van der Waals surface area contributed by atoms with Gasteiger partial charge in [0.25, 0.3) is 5.91 Å². The monoisotopic (exact) mass is 348 g/mol. The first-order valence-corrected chi connectivity index (χ1v) is 7.96. The van der Waals surface area contributed by atoms with E-state index in [2.05, 4.69) is 5.32 Å². The summed E-state index contributed by atoms with van der Waals surface area (Å²) >= 11 is 0. The van der Waals surface area contributed by atoms with Gasteiger partial charge in [0.1, 0.15) is 0 Å². The molecule has 1 atom stereocenters. The van der Waals surface area contributed by atoms with E-state index in [4.69, 9.17) is 10.2 Å². The van der Waals surface area contributed by atoms with Crippen LogP contribution in [-0.4, -0.2) is 59.6 Å². The molecule has 0 saturated heterocycles. The number of aliphatic hydroxyl groups is 1. The smallest absolute Gasteiger partial charge is 0.328 e. The number of rotatable bonds is 9. The Morgan fingerprint density at radius 1 is 1.28 bits per heavy atom. The quantitative estimate of drug-likeness (QED) is 0.580. The Balaban J connectivity index is 2.59. The number of carboxylic acid groups (broad SMARTS) is 1. The van der Waals surface area contributed by atoms with Crippen molar-refractivity contribution >= 4 is 23.9 Å². The number of nitrogens with one attached hydrogen (secondary N) is 1. The summed E-state index contributed by atoms with van der Waals surface area (Å²) in [6.07, 6.45) is 5.73. The van der Waals surface area contributed by atoms with E-state index in [0.29, 0.717) is 12.0 Å². The van der Waals surface area contributed by atoms with Crippen LogP contribution in [0.5, 0.6) is 0 Å². The average Bonchev–Trinajstić information content (AvgIpc) is 2.58. The first kappa shape index (κ1) is 20.4. The summed E-state index contributed by atoms with van der Waals surface area (Å²) in [6, 6.07) is 5.38. The van der Waals surface area contributed by atoms with Crippen molar-refractivity contribution in [2.75, 3.05) is 20.7 Å². The molecule has 7 nitrogen and oxygen atoms in total. The van der Waals surface area contributed by atoms with Crippen molar-refractivity contribution in [2.45, 2.75) is 25.3 Å². The van der Waals surface area contributed by atoms with Crippen molar-refractivity contribution in [1.29, 1.82) is 0 Å². The van der Waals surface area contributed by atoms with Gasteiger partial charge in [-0.1, -0.05) is 24.3 Å². The number of aliphatic hydroxyl groups excluding tert-OH is 1. The number of unbranched alkanes of at least 4 members (excludes halogenated alkanes) is 1. The van der Waals surface area contributed by atoms with Crippen LogP contribution in [0, 0.1) is 0 Å². The Kier molecular flexibility index (Phi) is 8.35. The molecule has 1 rings (SSSR count). The summed E-state index contributed by atoms with van der Waals surface area (Å²) in [6.45, 7) is -0.674. The molecule has 1 aromatic rings. The maximum Gasteiger partial charge on any atom is 0.328 e. The lowest BCUT2D eigenvalue weighted by atomic mass is 10.1. The Hall–Kier alpha value is -2.67. The molecule has 0 saturated carbocycles. The number of hydrogen-bond acceptors (Lipinski definition) is 4. The van der Waals surface area contributed by atoms with Crippen molar-refractivity contribution in [2.24, 2.45) is 0 Å². The lowest BCUT2D eigenvalue weighted by molar-refractivity contribution is -0.140. The minimum absolute atomic E-state index is 0.0870. The number of allylic oxidation sites excluding steroid dienone is 1. The zero-order valence-electron chi connectivity index (χ0n) is 14.4. The van der Waals surface area contributed by atoms with Gasteiger partial charge in [0.2, 0.25) is 5.91 Å². The molecule has 0 aromatic heterocycles. The number of carbonyl (C=O) groups excluding carboxylic acids is 2. The third-order valence-corrected chi connectivity index (χ3v) is 3.51. The highest BCUT2D eigenvalue weighted by molar-refractivity contribution is 5.97. The molecule has 0 aliphatic heterocycles. The fraction of sp³-hybridized carbons (Fsp3) is 0.389. The Morgan fingerprint density at radius 2 is 2.00 bits per heavy atom. The Bertz CT molecular complexity index is 640. The van der Waals surface area contributed by atoms with Crippen LogP contribution in [-0.2, 0) is 9.59 Å². The van der Waals surface area contributed by atoms with Gasteiger partial charge in [-0.15, -0.1) is 0 Å². The van der Waals surface area contributed by atoms with E-state index >= 15 is 0 Å². The third-order valence-electron chi connectivity index (χ3n) is 3.51. The molecule has 25 heavy (non-hydrogen) atoms. The molecule has 0 aliphatic rings. The van der Waals surface area contributed by atoms with Crippen LogP contribution in [0.15, 0.2) is 30.3 Å². The highest BCUT2D eigenvalue weighted by atomic mass is 16.4. The Labute approximate surface area is 147 Å². The predicted octanol–water partition coefficient (Wildman–Crippen LogP) is 1.13. The van der Waals surface area contributed by atoms with Crippen LogP contribution in [0.4, 0.5) is 0 Å². The normalized spacial score (nSPS) is 12.0. The van der Waals surface area contributed by atoms with Crippen LogP contribution in [0.3, 0.4) is 0 Å². The SMILES string of the molecule is CN(C)C(=O)CCC/C=C\c1cccc(C(=O)N[C@@H](CO)C(=O)O)c1. The second-order valence-electron chi connectivity index (χ2n) is 5.76. The van der Waals surface area contributed by atoms with Crippen LogP contribution < -0.4 is 5.32 Å². The number of carbonyl (C=O) groups is 3. The van der Waals surface area contributed by atoms with E-state index in [1.165, 1.54) is 0 Å². The van der Waals surface area contributed by atoms with Gasteiger partial charge in [0.05, 0.1) is 6.61 Å². The van der Waals surface area contributed by atoms with Crippen LogP contribution in [0.2, 0.25) is 0 Å². The first-order valence-electron chi connectivity index (χ1n) is 7.96. The fourth-order valence-electron chi connectivity index (χ4n) is 2.02. The minimum Gasteiger partial charge on any atom is -0.480 e. The number of benzene rings is 1. The highest BCUT2D eigenvalue weighted by Gasteiger charge is 2.19. The Morgan fingerprint density at radius 3 is 2.60 bits per heavy atom. The second kappa shape index (κ2) is 10.2. The summed E-state index contributed by atoms with van der Waals surface area (Å²) in [5, 5.41) is 20.1. The van der Waals surface area contributed by atoms with Crippen molar-refractivity contribution in [3.63, 3.8) is 0 Å². The molecule has 0 aliphatic carbocycles. The standard InChI is InChI=1S/C18H24N2O5/c1-20(2)16(22)10-5-3-4-7-13-8-6-9-14(11-13)17(23)19-15(12-21)18(24)25/h4,6-9,11,15,21H,3,5,10,12H2,1-2H3,(H,19,23)(H,24,25)/b7-4-/t15-/m0/s1. The van der Waals surface area contributed by atoms with E-state index in [9.17, 15) is 14.4 Å². The maximum atomic E-state index is 12.0. The number of aliphatic carboxylic acids is 1.